The van der Waals surface area contributed by atoms with Crippen LogP contribution in [-0.2, 0) is 14.4 Å². The summed E-state index contributed by atoms with van der Waals surface area (Å²) in [5.41, 5.74) is 5.01. The summed E-state index contributed by atoms with van der Waals surface area (Å²) in [5, 5.41) is 2.09. The number of carbonyl (C=O) groups excluding carboxylic acids is 4. The molecule has 1 unspecified atom stereocenters. The van der Waals surface area contributed by atoms with Crippen molar-refractivity contribution in [2.24, 2.45) is 5.73 Å². The van der Waals surface area contributed by atoms with Gasteiger partial charge in [0.1, 0.15) is 19.3 Å². The van der Waals surface area contributed by atoms with Crippen LogP contribution in [0.25, 0.3) is 0 Å². The molecule has 1 rings (SSSR count). The van der Waals surface area contributed by atoms with Crippen molar-refractivity contribution < 1.29 is 19.2 Å². The lowest BCUT2D eigenvalue weighted by Crippen LogP contribution is -2.52. The van der Waals surface area contributed by atoms with Crippen LogP contribution < -0.4 is 11.1 Å². The van der Waals surface area contributed by atoms with Gasteiger partial charge in [-0.2, -0.15) is 0 Å². The molecule has 5 amide bonds. The average molecular weight is 242 g/mol. The minimum Gasteiger partial charge on any atom is -0.368 e. The van der Waals surface area contributed by atoms with E-state index in [0.29, 0.717) is 0 Å². The van der Waals surface area contributed by atoms with Crippen molar-refractivity contribution in [2.75, 3.05) is 13.1 Å². The first-order valence-electron chi connectivity index (χ1n) is 4.99. The van der Waals surface area contributed by atoms with E-state index in [9.17, 15) is 19.2 Å². The number of amides is 5. The maximum absolute atomic E-state index is 11.4. The molecule has 1 heterocycles. The summed E-state index contributed by atoms with van der Waals surface area (Å²) < 4.78 is 0. The molecule has 0 bridgehead atoms. The number of rotatable bonds is 4. The summed E-state index contributed by atoms with van der Waals surface area (Å²) in [6.45, 7) is 2.37. The highest BCUT2D eigenvalue weighted by Crippen LogP contribution is 2.10. The summed E-state index contributed by atoms with van der Waals surface area (Å²) in [5.74, 6) is -1.52. The van der Waals surface area contributed by atoms with Gasteiger partial charge in [-0.05, 0) is 6.92 Å². The summed E-state index contributed by atoms with van der Waals surface area (Å²) in [7, 11) is 0. The van der Waals surface area contributed by atoms with Crippen LogP contribution in [-0.4, -0.2) is 52.8 Å². The second kappa shape index (κ2) is 4.81. The number of urea groups is 1. The molecule has 17 heavy (non-hydrogen) atoms. The van der Waals surface area contributed by atoms with Gasteiger partial charge in [0, 0.05) is 6.92 Å². The van der Waals surface area contributed by atoms with E-state index >= 15 is 0 Å². The predicted octanol–water partition coefficient (Wildman–Crippen LogP) is -1.78. The summed E-state index contributed by atoms with van der Waals surface area (Å²) in [6, 6.07) is -0.585. The third-order valence-electron chi connectivity index (χ3n) is 2.45. The summed E-state index contributed by atoms with van der Waals surface area (Å²) in [6.07, 6.45) is -0.702. The normalized spacial score (nSPS) is 16.7. The Morgan fingerprint density at radius 2 is 2.12 bits per heavy atom. The van der Waals surface area contributed by atoms with Gasteiger partial charge in [0.15, 0.2) is 0 Å². The SMILES string of the molecule is CC(=O)N(CC(N)=O)C(C)N1CC(=O)NC1=O. The lowest BCUT2D eigenvalue weighted by atomic mass is 10.3. The molecular weight excluding hydrogens is 228 g/mol. The van der Waals surface area contributed by atoms with Crippen LogP contribution in [0.5, 0.6) is 0 Å². The van der Waals surface area contributed by atoms with E-state index in [-0.39, 0.29) is 13.1 Å². The van der Waals surface area contributed by atoms with Crippen molar-refractivity contribution in [3.8, 4) is 0 Å². The zero-order chi connectivity index (χ0) is 13.2. The van der Waals surface area contributed by atoms with Gasteiger partial charge in [0.25, 0.3) is 0 Å². The molecule has 8 nitrogen and oxygen atoms in total. The molecule has 1 aliphatic heterocycles. The van der Waals surface area contributed by atoms with E-state index in [4.69, 9.17) is 5.73 Å². The van der Waals surface area contributed by atoms with Gasteiger partial charge in [-0.15, -0.1) is 0 Å². The smallest absolute Gasteiger partial charge is 0.326 e. The Bertz CT molecular complexity index is 381. The largest absolute Gasteiger partial charge is 0.368 e. The molecule has 1 saturated heterocycles. The number of nitrogens with one attached hydrogen (secondary N) is 1. The van der Waals surface area contributed by atoms with Gasteiger partial charge in [-0.1, -0.05) is 0 Å². The molecule has 0 radical (unpaired) electrons. The molecule has 1 fully saturated rings. The molecule has 1 aliphatic rings. The highest BCUT2D eigenvalue weighted by atomic mass is 16.2. The van der Waals surface area contributed by atoms with Gasteiger partial charge in [0.05, 0.1) is 0 Å². The summed E-state index contributed by atoms with van der Waals surface area (Å²) >= 11 is 0. The van der Waals surface area contributed by atoms with Crippen molar-refractivity contribution in [3.63, 3.8) is 0 Å². The third-order valence-corrected chi connectivity index (χ3v) is 2.45. The number of hydrogen-bond acceptors (Lipinski definition) is 4. The minimum absolute atomic E-state index is 0.136. The Hall–Kier alpha value is -2.12. The Labute approximate surface area is 97.7 Å². The molecule has 0 aromatic carbocycles. The molecule has 0 aromatic heterocycles. The monoisotopic (exact) mass is 242 g/mol. The maximum atomic E-state index is 11.4. The van der Waals surface area contributed by atoms with Crippen LogP contribution in [0.4, 0.5) is 4.79 Å². The molecule has 8 heteroatoms. The number of hydrogen-bond donors (Lipinski definition) is 2. The van der Waals surface area contributed by atoms with Crippen molar-refractivity contribution >= 4 is 23.8 Å². The standard InChI is InChI=1S/C9H14N4O4/c1-5(12(6(2)14)3-7(10)15)13-4-8(16)11-9(13)17/h5H,3-4H2,1-2H3,(H2,10,15)(H,11,16,17). The first kappa shape index (κ1) is 12.9. The van der Waals surface area contributed by atoms with E-state index < -0.39 is 29.9 Å². The van der Waals surface area contributed by atoms with Crippen LogP contribution in [0.15, 0.2) is 0 Å². The van der Waals surface area contributed by atoms with Crippen LogP contribution in [0.3, 0.4) is 0 Å². The fourth-order valence-corrected chi connectivity index (χ4v) is 1.60. The zero-order valence-corrected chi connectivity index (χ0v) is 9.60. The fourth-order valence-electron chi connectivity index (χ4n) is 1.60. The Morgan fingerprint density at radius 1 is 1.53 bits per heavy atom. The molecule has 0 aromatic rings. The number of nitrogens with zero attached hydrogens (tertiary/aromatic N) is 2. The molecule has 94 valence electrons. The lowest BCUT2D eigenvalue weighted by Gasteiger charge is -2.32. The second-order valence-corrected chi connectivity index (χ2v) is 3.73. The molecule has 0 spiro atoms. The van der Waals surface area contributed by atoms with Crippen molar-refractivity contribution in [3.05, 3.63) is 0 Å². The van der Waals surface area contributed by atoms with Crippen molar-refractivity contribution in [2.45, 2.75) is 20.0 Å². The molecule has 0 saturated carbocycles. The van der Waals surface area contributed by atoms with E-state index in [0.717, 1.165) is 9.80 Å². The Kier molecular flexibility index (Phi) is 3.66. The lowest BCUT2D eigenvalue weighted by molar-refractivity contribution is -0.138. The first-order valence-corrected chi connectivity index (χ1v) is 4.99. The number of carbonyl (C=O) groups is 4. The van der Waals surface area contributed by atoms with Gasteiger partial charge >= 0.3 is 6.03 Å². The van der Waals surface area contributed by atoms with Gasteiger partial charge < -0.3 is 10.6 Å². The van der Waals surface area contributed by atoms with E-state index in [1.165, 1.54) is 6.92 Å². The van der Waals surface area contributed by atoms with Crippen molar-refractivity contribution in [1.29, 1.82) is 0 Å². The average Bonchev–Trinajstić information content (AvgIpc) is 2.52. The first-order chi connectivity index (χ1) is 7.82. The van der Waals surface area contributed by atoms with E-state index in [1.54, 1.807) is 6.92 Å². The topological polar surface area (TPSA) is 113 Å². The van der Waals surface area contributed by atoms with E-state index in [2.05, 4.69) is 5.32 Å². The quantitative estimate of drug-likeness (QED) is 0.567. The van der Waals surface area contributed by atoms with E-state index in [1.807, 2.05) is 0 Å². The summed E-state index contributed by atoms with van der Waals surface area (Å²) in [4.78, 5) is 46.8. The predicted molar refractivity (Wildman–Crippen MR) is 56.3 cm³/mol. The van der Waals surface area contributed by atoms with Crippen LogP contribution in [0.2, 0.25) is 0 Å². The van der Waals surface area contributed by atoms with Gasteiger partial charge in [-0.3, -0.25) is 24.6 Å². The van der Waals surface area contributed by atoms with Crippen LogP contribution >= 0.6 is 0 Å². The highest BCUT2D eigenvalue weighted by molar-refractivity contribution is 6.02. The molecule has 1 atom stereocenters. The third kappa shape index (κ3) is 2.92. The second-order valence-electron chi connectivity index (χ2n) is 3.73. The molecule has 0 aliphatic carbocycles. The number of nitrogens with two attached hydrogens (primary N) is 1. The Balaban J connectivity index is 2.81. The van der Waals surface area contributed by atoms with Gasteiger partial charge in [-0.25, -0.2) is 4.79 Å². The molecule has 3 N–H and O–H groups in total. The number of primary amides is 1. The van der Waals surface area contributed by atoms with Crippen LogP contribution in [0, 0.1) is 0 Å². The highest BCUT2D eigenvalue weighted by Gasteiger charge is 2.34. The molecular formula is C9H14N4O4. The maximum Gasteiger partial charge on any atom is 0.326 e. The fraction of sp³-hybridized carbons (Fsp3) is 0.556. The van der Waals surface area contributed by atoms with Crippen molar-refractivity contribution in [1.82, 2.24) is 15.1 Å². The van der Waals surface area contributed by atoms with Gasteiger partial charge in [0.2, 0.25) is 17.7 Å². The number of imide groups is 1. The minimum atomic E-state index is -0.702. The zero-order valence-electron chi connectivity index (χ0n) is 9.60. The Morgan fingerprint density at radius 3 is 2.47 bits per heavy atom. The van der Waals surface area contributed by atoms with Crippen LogP contribution in [0.1, 0.15) is 13.8 Å².